The number of esters is 1. The highest BCUT2D eigenvalue weighted by atomic mass is 32.1. The van der Waals surface area contributed by atoms with Crippen LogP contribution in [0.25, 0.3) is 0 Å². The average molecular weight is 254 g/mol. The summed E-state index contributed by atoms with van der Waals surface area (Å²) >= 11 is 1.66. The van der Waals surface area contributed by atoms with E-state index in [4.69, 9.17) is 4.74 Å². The molecule has 0 aliphatic heterocycles. The highest BCUT2D eigenvalue weighted by molar-refractivity contribution is 7.09. The molecule has 1 aromatic rings. The van der Waals surface area contributed by atoms with Gasteiger partial charge in [0.2, 0.25) is 0 Å². The predicted octanol–water partition coefficient (Wildman–Crippen LogP) is 1.54. The molecule has 4 nitrogen and oxygen atoms in total. The summed E-state index contributed by atoms with van der Waals surface area (Å²) in [7, 11) is 1.45. The van der Waals surface area contributed by atoms with Gasteiger partial charge in [0.05, 0.1) is 17.8 Å². The fourth-order valence-corrected chi connectivity index (χ4v) is 2.52. The van der Waals surface area contributed by atoms with Gasteiger partial charge in [-0.15, -0.1) is 11.3 Å². The predicted molar refractivity (Wildman–Crippen MR) is 67.1 cm³/mol. The molecule has 0 amide bonds. The molecule has 1 fully saturated rings. The Morgan fingerprint density at radius 3 is 3.00 bits per heavy atom. The van der Waals surface area contributed by atoms with Crippen molar-refractivity contribution in [2.45, 2.75) is 32.2 Å². The first-order valence-corrected chi connectivity index (χ1v) is 6.81. The molecule has 0 aromatic carbocycles. The normalized spacial score (nSPS) is 16.8. The van der Waals surface area contributed by atoms with Crippen LogP contribution in [0.3, 0.4) is 0 Å². The summed E-state index contributed by atoms with van der Waals surface area (Å²) < 4.78 is 4.81. The van der Waals surface area contributed by atoms with Crippen molar-refractivity contribution in [2.75, 3.05) is 13.7 Å². The van der Waals surface area contributed by atoms with Crippen LogP contribution in [0.5, 0.6) is 0 Å². The van der Waals surface area contributed by atoms with E-state index in [1.807, 2.05) is 6.92 Å². The van der Waals surface area contributed by atoms with E-state index in [9.17, 15) is 4.79 Å². The van der Waals surface area contributed by atoms with Crippen molar-refractivity contribution in [1.29, 1.82) is 0 Å². The van der Waals surface area contributed by atoms with E-state index in [1.54, 1.807) is 11.3 Å². The van der Waals surface area contributed by atoms with Crippen LogP contribution in [0.15, 0.2) is 5.38 Å². The molecule has 1 N–H and O–H groups in total. The second-order valence-electron chi connectivity index (χ2n) is 4.40. The number of thiazole rings is 1. The molecule has 0 spiro atoms. The van der Waals surface area contributed by atoms with Crippen LogP contribution >= 0.6 is 11.3 Å². The Hall–Kier alpha value is -0.940. The molecular formula is C12H18N2O2S. The SMILES string of the molecule is COC(=O)C(NCCc1csc(C)n1)C1CC1. The van der Waals surface area contributed by atoms with Gasteiger partial charge in [-0.25, -0.2) is 4.98 Å². The fourth-order valence-electron chi connectivity index (χ4n) is 1.88. The molecule has 1 heterocycles. The number of ether oxygens (including phenoxy) is 1. The van der Waals surface area contributed by atoms with E-state index in [0.717, 1.165) is 36.5 Å². The van der Waals surface area contributed by atoms with Crippen molar-refractivity contribution in [3.8, 4) is 0 Å². The number of aromatic nitrogens is 1. The van der Waals surface area contributed by atoms with Gasteiger partial charge >= 0.3 is 5.97 Å². The molecule has 1 aliphatic rings. The number of aryl methyl sites for hydroxylation is 1. The van der Waals surface area contributed by atoms with Crippen molar-refractivity contribution in [2.24, 2.45) is 5.92 Å². The van der Waals surface area contributed by atoms with E-state index in [0.29, 0.717) is 5.92 Å². The first-order chi connectivity index (χ1) is 8.20. The number of hydrogen-bond acceptors (Lipinski definition) is 5. The smallest absolute Gasteiger partial charge is 0.323 e. The fraction of sp³-hybridized carbons (Fsp3) is 0.667. The largest absolute Gasteiger partial charge is 0.468 e. The van der Waals surface area contributed by atoms with E-state index in [2.05, 4.69) is 15.7 Å². The van der Waals surface area contributed by atoms with Gasteiger partial charge in [0.15, 0.2) is 0 Å². The summed E-state index contributed by atoms with van der Waals surface area (Å²) in [5, 5.41) is 6.44. The second-order valence-corrected chi connectivity index (χ2v) is 5.46. The van der Waals surface area contributed by atoms with Gasteiger partial charge in [0, 0.05) is 18.3 Å². The van der Waals surface area contributed by atoms with Gasteiger partial charge < -0.3 is 10.1 Å². The standard InChI is InChI=1S/C12H18N2O2S/c1-8-14-10(7-17-8)5-6-13-11(9-3-4-9)12(15)16-2/h7,9,11,13H,3-6H2,1-2H3. The topological polar surface area (TPSA) is 51.2 Å². The maximum atomic E-state index is 11.5. The summed E-state index contributed by atoms with van der Waals surface area (Å²) in [6.07, 6.45) is 3.12. The van der Waals surface area contributed by atoms with Gasteiger partial charge in [-0.3, -0.25) is 4.79 Å². The molecule has 2 rings (SSSR count). The van der Waals surface area contributed by atoms with Crippen molar-refractivity contribution in [1.82, 2.24) is 10.3 Å². The van der Waals surface area contributed by atoms with Crippen LogP contribution in [0, 0.1) is 12.8 Å². The Labute approximate surface area is 105 Å². The molecule has 0 radical (unpaired) electrons. The molecule has 5 heteroatoms. The Balaban J connectivity index is 1.77. The highest BCUT2D eigenvalue weighted by Crippen LogP contribution is 2.33. The van der Waals surface area contributed by atoms with Crippen LogP contribution in [-0.4, -0.2) is 30.6 Å². The van der Waals surface area contributed by atoms with E-state index in [1.165, 1.54) is 7.11 Å². The minimum absolute atomic E-state index is 0.125. The lowest BCUT2D eigenvalue weighted by Gasteiger charge is -2.15. The zero-order valence-electron chi connectivity index (χ0n) is 10.2. The van der Waals surface area contributed by atoms with E-state index >= 15 is 0 Å². The molecule has 1 atom stereocenters. The molecule has 17 heavy (non-hydrogen) atoms. The second kappa shape index (κ2) is 5.60. The minimum Gasteiger partial charge on any atom is -0.468 e. The molecule has 1 aliphatic carbocycles. The van der Waals surface area contributed by atoms with Gasteiger partial charge in [0.1, 0.15) is 6.04 Å². The number of rotatable bonds is 6. The van der Waals surface area contributed by atoms with Crippen LogP contribution < -0.4 is 5.32 Å². The third-order valence-electron chi connectivity index (χ3n) is 2.96. The Morgan fingerprint density at radius 2 is 2.47 bits per heavy atom. The first-order valence-electron chi connectivity index (χ1n) is 5.93. The van der Waals surface area contributed by atoms with E-state index in [-0.39, 0.29) is 12.0 Å². The monoisotopic (exact) mass is 254 g/mol. The van der Waals surface area contributed by atoms with Crippen LogP contribution in [0.4, 0.5) is 0 Å². The Bertz CT molecular complexity index is 388. The van der Waals surface area contributed by atoms with Gasteiger partial charge in [-0.05, 0) is 25.7 Å². The first kappa shape index (κ1) is 12.5. The van der Waals surface area contributed by atoms with Gasteiger partial charge in [-0.2, -0.15) is 0 Å². The molecule has 0 saturated heterocycles. The highest BCUT2D eigenvalue weighted by Gasteiger charge is 2.36. The zero-order valence-corrected chi connectivity index (χ0v) is 11.0. The van der Waals surface area contributed by atoms with Crippen LogP contribution in [0.2, 0.25) is 0 Å². The van der Waals surface area contributed by atoms with Crippen molar-refractivity contribution < 1.29 is 9.53 Å². The summed E-state index contributed by atoms with van der Waals surface area (Å²) in [5.74, 6) is 0.335. The maximum absolute atomic E-state index is 11.5. The number of methoxy groups -OCH3 is 1. The molecule has 0 bridgehead atoms. The third-order valence-corrected chi connectivity index (χ3v) is 3.78. The van der Waals surface area contributed by atoms with Crippen LogP contribution in [0.1, 0.15) is 23.5 Å². The van der Waals surface area contributed by atoms with Crippen LogP contribution in [-0.2, 0) is 16.0 Å². The third kappa shape index (κ3) is 3.51. The molecule has 1 saturated carbocycles. The summed E-state index contributed by atoms with van der Waals surface area (Å²) in [5.41, 5.74) is 1.10. The number of nitrogens with zero attached hydrogens (tertiary/aromatic N) is 1. The Kier molecular flexibility index (Phi) is 4.12. The number of carbonyl (C=O) groups excluding carboxylic acids is 1. The minimum atomic E-state index is -0.137. The number of nitrogens with one attached hydrogen (secondary N) is 1. The van der Waals surface area contributed by atoms with Gasteiger partial charge in [0.25, 0.3) is 0 Å². The number of carbonyl (C=O) groups is 1. The molecule has 94 valence electrons. The van der Waals surface area contributed by atoms with Crippen molar-refractivity contribution >= 4 is 17.3 Å². The summed E-state index contributed by atoms with van der Waals surface area (Å²) in [6, 6.07) is -0.125. The lowest BCUT2D eigenvalue weighted by Crippen LogP contribution is -2.40. The van der Waals surface area contributed by atoms with Gasteiger partial charge in [-0.1, -0.05) is 0 Å². The lowest BCUT2D eigenvalue weighted by molar-refractivity contribution is -0.143. The average Bonchev–Trinajstić information content (AvgIpc) is 3.07. The summed E-state index contributed by atoms with van der Waals surface area (Å²) in [4.78, 5) is 15.9. The molecule has 1 unspecified atom stereocenters. The molecule has 1 aromatic heterocycles. The maximum Gasteiger partial charge on any atom is 0.323 e. The molecular weight excluding hydrogens is 236 g/mol. The summed E-state index contributed by atoms with van der Waals surface area (Å²) in [6.45, 7) is 2.78. The Morgan fingerprint density at radius 1 is 1.71 bits per heavy atom. The van der Waals surface area contributed by atoms with E-state index < -0.39 is 0 Å². The zero-order chi connectivity index (χ0) is 12.3. The van der Waals surface area contributed by atoms with Crippen molar-refractivity contribution in [3.05, 3.63) is 16.1 Å². The van der Waals surface area contributed by atoms with Crippen molar-refractivity contribution in [3.63, 3.8) is 0 Å². The number of hydrogen-bond donors (Lipinski definition) is 1. The lowest BCUT2D eigenvalue weighted by atomic mass is 10.2. The quantitative estimate of drug-likeness (QED) is 0.782.